The second-order valence-corrected chi connectivity index (χ2v) is 6.61. The highest BCUT2D eigenvalue weighted by Crippen LogP contribution is 2.16. The van der Waals surface area contributed by atoms with Gasteiger partial charge >= 0.3 is 5.76 Å². The lowest BCUT2D eigenvalue weighted by Gasteiger charge is -2.28. The minimum atomic E-state index is -0.701. The van der Waals surface area contributed by atoms with E-state index in [0.717, 1.165) is 31.6 Å². The van der Waals surface area contributed by atoms with Crippen molar-refractivity contribution in [2.24, 2.45) is 0 Å². The number of rotatable bonds is 7. The molecule has 2 atom stereocenters. The number of ether oxygens (including phenoxy) is 1. The van der Waals surface area contributed by atoms with Crippen molar-refractivity contribution in [1.29, 1.82) is 0 Å². The van der Waals surface area contributed by atoms with Gasteiger partial charge in [0.15, 0.2) is 5.82 Å². The van der Waals surface area contributed by atoms with Gasteiger partial charge in [0.1, 0.15) is 0 Å². The summed E-state index contributed by atoms with van der Waals surface area (Å²) in [6.07, 6.45) is 2.90. The molecule has 1 aromatic carbocycles. The third kappa shape index (κ3) is 4.78. The Kier molecular flexibility index (Phi) is 6.01. The second-order valence-electron chi connectivity index (χ2n) is 6.61. The van der Waals surface area contributed by atoms with Crippen molar-refractivity contribution >= 4 is 0 Å². The fourth-order valence-corrected chi connectivity index (χ4v) is 3.23. The molecule has 7 heteroatoms. The number of likely N-dealkylation sites (N-methyl/N-ethyl adjacent to an activating group) is 1. The summed E-state index contributed by atoms with van der Waals surface area (Å²) in [6, 6.07) is 9.34. The largest absolute Gasteiger partial charge is 0.441 e. The van der Waals surface area contributed by atoms with Crippen molar-refractivity contribution in [3.05, 3.63) is 40.9 Å². The molecule has 0 spiro atoms. The topological polar surface area (TPSA) is 80.7 Å². The van der Waals surface area contributed by atoms with Crippen molar-refractivity contribution in [3.63, 3.8) is 0 Å². The Bertz CT molecular complexity index is 707. The molecule has 1 fully saturated rings. The standard InChI is InChI=1S/C18H25N3O4/c1-20(13-16-9-5-6-10-24-16)11-15(22)12-21-17(19-25-18(21)23)14-7-3-2-4-8-14/h2-4,7-8,15-16,22H,5-6,9-13H2,1H3. The first-order valence-electron chi connectivity index (χ1n) is 8.73. The molecule has 0 amide bonds. The van der Waals surface area contributed by atoms with Crippen LogP contribution in [0.4, 0.5) is 0 Å². The molecule has 1 aliphatic rings. The Balaban J connectivity index is 1.60. The quantitative estimate of drug-likeness (QED) is 0.815. The van der Waals surface area contributed by atoms with E-state index in [1.165, 1.54) is 11.0 Å². The van der Waals surface area contributed by atoms with Crippen LogP contribution in [0.3, 0.4) is 0 Å². The molecule has 3 rings (SSSR count). The molecule has 1 aromatic heterocycles. The molecule has 0 aliphatic carbocycles. The number of aliphatic hydroxyl groups excluding tert-OH is 1. The van der Waals surface area contributed by atoms with Crippen molar-refractivity contribution in [2.45, 2.75) is 38.0 Å². The summed E-state index contributed by atoms with van der Waals surface area (Å²) in [6.45, 7) is 2.19. The van der Waals surface area contributed by atoms with Crippen LogP contribution in [0.5, 0.6) is 0 Å². The Morgan fingerprint density at radius 2 is 2.16 bits per heavy atom. The van der Waals surface area contributed by atoms with Gasteiger partial charge in [0.2, 0.25) is 0 Å². The molecule has 1 aliphatic heterocycles. The van der Waals surface area contributed by atoms with Gasteiger partial charge in [0.25, 0.3) is 0 Å². The Hall–Kier alpha value is -1.96. The van der Waals surface area contributed by atoms with Crippen LogP contribution in [0.1, 0.15) is 19.3 Å². The average molecular weight is 347 g/mol. The van der Waals surface area contributed by atoms with Crippen LogP contribution >= 0.6 is 0 Å². The molecule has 2 aromatic rings. The maximum Gasteiger partial charge on any atom is 0.441 e. The monoisotopic (exact) mass is 347 g/mol. The summed E-state index contributed by atoms with van der Waals surface area (Å²) >= 11 is 0. The van der Waals surface area contributed by atoms with Crippen molar-refractivity contribution < 1.29 is 14.4 Å². The summed E-state index contributed by atoms with van der Waals surface area (Å²) in [5.41, 5.74) is 0.782. The summed E-state index contributed by atoms with van der Waals surface area (Å²) in [7, 11) is 1.95. The van der Waals surface area contributed by atoms with Crippen LogP contribution in [-0.4, -0.2) is 58.7 Å². The lowest BCUT2D eigenvalue weighted by molar-refractivity contribution is -0.00882. The normalized spacial score (nSPS) is 19.2. The van der Waals surface area contributed by atoms with E-state index in [1.807, 2.05) is 42.3 Å². The molecule has 2 unspecified atom stereocenters. The molecule has 2 heterocycles. The van der Waals surface area contributed by atoms with Gasteiger partial charge in [-0.2, -0.15) is 0 Å². The molecule has 0 bridgehead atoms. The lowest BCUT2D eigenvalue weighted by Crippen LogP contribution is -2.39. The maximum absolute atomic E-state index is 11.9. The first kappa shape index (κ1) is 17.8. The number of aliphatic hydroxyl groups is 1. The fourth-order valence-electron chi connectivity index (χ4n) is 3.23. The third-order valence-corrected chi connectivity index (χ3v) is 4.42. The highest BCUT2D eigenvalue weighted by molar-refractivity contribution is 5.54. The summed E-state index contributed by atoms with van der Waals surface area (Å²) in [5, 5.41) is 14.2. The van der Waals surface area contributed by atoms with E-state index in [9.17, 15) is 9.90 Å². The molecule has 0 saturated carbocycles. The van der Waals surface area contributed by atoms with Gasteiger partial charge in [-0.05, 0) is 26.3 Å². The van der Waals surface area contributed by atoms with Crippen LogP contribution in [0.2, 0.25) is 0 Å². The lowest BCUT2D eigenvalue weighted by atomic mass is 10.1. The smallest absolute Gasteiger partial charge is 0.390 e. The van der Waals surface area contributed by atoms with Gasteiger partial charge in [0.05, 0.1) is 18.8 Å². The SMILES string of the molecule is CN(CC(O)Cn1c(-c2ccccc2)noc1=O)CC1CCCCO1. The highest BCUT2D eigenvalue weighted by Gasteiger charge is 2.20. The number of aromatic nitrogens is 2. The minimum Gasteiger partial charge on any atom is -0.390 e. The van der Waals surface area contributed by atoms with Gasteiger partial charge in [-0.1, -0.05) is 35.5 Å². The second kappa shape index (κ2) is 8.42. The minimum absolute atomic E-state index is 0.141. The predicted molar refractivity (Wildman–Crippen MR) is 93.3 cm³/mol. The summed E-state index contributed by atoms with van der Waals surface area (Å²) < 4.78 is 11.9. The van der Waals surface area contributed by atoms with E-state index in [-0.39, 0.29) is 12.6 Å². The molecule has 136 valence electrons. The van der Waals surface area contributed by atoms with Crippen molar-refractivity contribution in [1.82, 2.24) is 14.6 Å². The van der Waals surface area contributed by atoms with Crippen LogP contribution in [-0.2, 0) is 11.3 Å². The third-order valence-electron chi connectivity index (χ3n) is 4.42. The zero-order valence-electron chi connectivity index (χ0n) is 14.5. The van der Waals surface area contributed by atoms with E-state index in [2.05, 4.69) is 5.16 Å². The van der Waals surface area contributed by atoms with E-state index < -0.39 is 11.9 Å². The number of hydrogen-bond acceptors (Lipinski definition) is 6. The van der Waals surface area contributed by atoms with Gasteiger partial charge in [-0.25, -0.2) is 4.79 Å². The van der Waals surface area contributed by atoms with Crippen molar-refractivity contribution in [3.8, 4) is 11.4 Å². The first-order chi connectivity index (χ1) is 12.1. The molecule has 25 heavy (non-hydrogen) atoms. The molecule has 0 radical (unpaired) electrons. The number of benzene rings is 1. The van der Waals surface area contributed by atoms with Crippen LogP contribution < -0.4 is 5.76 Å². The van der Waals surface area contributed by atoms with Crippen LogP contribution in [0, 0.1) is 0 Å². The van der Waals surface area contributed by atoms with Gasteiger partial charge < -0.3 is 14.7 Å². The Labute approximate surface area is 146 Å². The summed E-state index contributed by atoms with van der Waals surface area (Å²) in [4.78, 5) is 14.0. The van der Waals surface area contributed by atoms with Gasteiger partial charge in [0, 0.05) is 25.3 Å². The van der Waals surface area contributed by atoms with E-state index >= 15 is 0 Å². The molecule has 1 N–H and O–H groups in total. The van der Waals surface area contributed by atoms with Crippen LogP contribution in [0.25, 0.3) is 11.4 Å². The van der Waals surface area contributed by atoms with E-state index in [0.29, 0.717) is 12.4 Å². The molecular formula is C18H25N3O4. The molecule has 7 nitrogen and oxygen atoms in total. The van der Waals surface area contributed by atoms with E-state index in [4.69, 9.17) is 9.26 Å². The van der Waals surface area contributed by atoms with E-state index in [1.54, 1.807) is 0 Å². The predicted octanol–water partition coefficient (Wildman–Crippen LogP) is 1.37. The number of nitrogens with zero attached hydrogens (tertiary/aromatic N) is 3. The zero-order valence-corrected chi connectivity index (χ0v) is 14.5. The Morgan fingerprint density at radius 3 is 2.88 bits per heavy atom. The Morgan fingerprint density at radius 1 is 1.36 bits per heavy atom. The maximum atomic E-state index is 11.9. The van der Waals surface area contributed by atoms with Crippen molar-refractivity contribution in [2.75, 3.05) is 26.7 Å². The highest BCUT2D eigenvalue weighted by atomic mass is 16.5. The fraction of sp³-hybridized carbons (Fsp3) is 0.556. The molecule has 1 saturated heterocycles. The van der Waals surface area contributed by atoms with Gasteiger partial charge in [-0.15, -0.1) is 0 Å². The summed E-state index contributed by atoms with van der Waals surface area (Å²) in [5.74, 6) is -0.126. The number of hydrogen-bond donors (Lipinski definition) is 1. The van der Waals surface area contributed by atoms with Gasteiger partial charge in [-0.3, -0.25) is 9.09 Å². The molecular weight excluding hydrogens is 322 g/mol. The van der Waals surface area contributed by atoms with Crippen LogP contribution in [0.15, 0.2) is 39.6 Å². The zero-order chi connectivity index (χ0) is 17.6. The average Bonchev–Trinajstić information content (AvgIpc) is 2.97. The first-order valence-corrected chi connectivity index (χ1v) is 8.73.